The van der Waals surface area contributed by atoms with Crippen molar-refractivity contribution in [1.29, 1.82) is 0 Å². The Bertz CT molecular complexity index is 775. The fraction of sp³-hybridized carbons (Fsp3) is 0.188. The van der Waals surface area contributed by atoms with Crippen molar-refractivity contribution in [2.45, 2.75) is 13.0 Å². The maximum absolute atomic E-state index is 12.6. The summed E-state index contributed by atoms with van der Waals surface area (Å²) in [5, 5.41) is 0. The molecule has 1 saturated heterocycles. The fourth-order valence-electron chi connectivity index (χ4n) is 2.48. The highest BCUT2D eigenvalue weighted by atomic mass is 35.5. The van der Waals surface area contributed by atoms with Gasteiger partial charge in [-0.1, -0.05) is 29.8 Å². The summed E-state index contributed by atoms with van der Waals surface area (Å²) < 4.78 is 0.492. The number of anilines is 1. The van der Waals surface area contributed by atoms with Crippen molar-refractivity contribution >= 4 is 46.3 Å². The van der Waals surface area contributed by atoms with Crippen LogP contribution in [-0.4, -0.2) is 35.2 Å². The summed E-state index contributed by atoms with van der Waals surface area (Å²) in [6, 6.07) is 11.0. The van der Waals surface area contributed by atoms with Gasteiger partial charge in [0.2, 0.25) is 0 Å². The quantitative estimate of drug-likeness (QED) is 0.628. The molecular formula is C16H13ClN2O3S. The summed E-state index contributed by atoms with van der Waals surface area (Å²) in [4.78, 5) is 40.0. The smallest absolute Gasteiger partial charge is 0.291 e. The van der Waals surface area contributed by atoms with Gasteiger partial charge >= 0.3 is 6.03 Å². The minimum absolute atomic E-state index is 0.276. The summed E-state index contributed by atoms with van der Waals surface area (Å²) in [6.45, 7) is 1.38. The maximum Gasteiger partial charge on any atom is 0.332 e. The third-order valence-electron chi connectivity index (χ3n) is 3.63. The lowest BCUT2D eigenvalue weighted by molar-refractivity contribution is -0.126. The Balaban J connectivity index is 1.82. The van der Waals surface area contributed by atoms with Gasteiger partial charge in [0.1, 0.15) is 6.04 Å². The van der Waals surface area contributed by atoms with Crippen LogP contribution < -0.4 is 4.90 Å². The molecule has 0 aliphatic carbocycles. The summed E-state index contributed by atoms with van der Waals surface area (Å²) in [5.41, 5.74) is 0.632. The molecule has 118 valence electrons. The van der Waals surface area contributed by atoms with E-state index in [2.05, 4.69) is 0 Å². The SMILES string of the molecule is C[C@H]1C(=O)N(CC(=O)c2ccc(Cl)s2)C(=O)N1c1ccccc1. The van der Waals surface area contributed by atoms with Crippen molar-refractivity contribution in [1.82, 2.24) is 4.90 Å². The van der Waals surface area contributed by atoms with E-state index in [-0.39, 0.29) is 18.2 Å². The minimum atomic E-state index is -0.635. The van der Waals surface area contributed by atoms with Gasteiger partial charge in [-0.05, 0) is 31.2 Å². The van der Waals surface area contributed by atoms with E-state index in [1.807, 2.05) is 6.07 Å². The van der Waals surface area contributed by atoms with Gasteiger partial charge in [0.05, 0.1) is 15.8 Å². The van der Waals surface area contributed by atoms with E-state index < -0.39 is 12.1 Å². The minimum Gasteiger partial charge on any atom is -0.291 e. The average Bonchev–Trinajstić information content (AvgIpc) is 3.06. The molecule has 1 aliphatic rings. The van der Waals surface area contributed by atoms with Crippen molar-refractivity contribution in [3.05, 3.63) is 51.7 Å². The molecule has 1 aromatic heterocycles. The first-order chi connectivity index (χ1) is 11.0. The van der Waals surface area contributed by atoms with Crippen LogP contribution in [0.4, 0.5) is 10.5 Å². The molecule has 23 heavy (non-hydrogen) atoms. The number of rotatable bonds is 4. The van der Waals surface area contributed by atoms with E-state index >= 15 is 0 Å². The van der Waals surface area contributed by atoms with Gasteiger partial charge < -0.3 is 0 Å². The number of thiophene rings is 1. The molecule has 0 unspecified atom stereocenters. The molecule has 3 amide bonds. The number of ketones is 1. The van der Waals surface area contributed by atoms with Crippen molar-refractivity contribution in [3.63, 3.8) is 0 Å². The van der Waals surface area contributed by atoms with Gasteiger partial charge in [0, 0.05) is 5.69 Å². The number of urea groups is 1. The van der Waals surface area contributed by atoms with Gasteiger partial charge in [-0.15, -0.1) is 11.3 Å². The first kappa shape index (κ1) is 15.7. The Morgan fingerprint density at radius 2 is 1.87 bits per heavy atom. The Hall–Kier alpha value is -2.18. The molecule has 0 radical (unpaired) electrons. The van der Waals surface area contributed by atoms with E-state index in [1.54, 1.807) is 43.3 Å². The van der Waals surface area contributed by atoms with Crippen LogP contribution in [0.1, 0.15) is 16.6 Å². The molecule has 0 N–H and O–H groups in total. The summed E-state index contributed by atoms with van der Waals surface area (Å²) in [5.74, 6) is -0.680. The van der Waals surface area contributed by atoms with Crippen molar-refractivity contribution in [2.24, 2.45) is 0 Å². The Kier molecular flexibility index (Phi) is 4.19. The number of hydrogen-bond acceptors (Lipinski definition) is 4. The Labute approximate surface area is 142 Å². The number of para-hydroxylation sites is 1. The molecule has 0 saturated carbocycles. The van der Waals surface area contributed by atoms with Crippen LogP contribution in [0.3, 0.4) is 0 Å². The molecule has 2 aromatic rings. The number of carbonyl (C=O) groups is 3. The lowest BCUT2D eigenvalue weighted by Gasteiger charge is -2.19. The van der Waals surface area contributed by atoms with E-state index in [4.69, 9.17) is 11.6 Å². The van der Waals surface area contributed by atoms with Crippen LogP contribution in [0.2, 0.25) is 4.34 Å². The Morgan fingerprint density at radius 1 is 1.17 bits per heavy atom. The highest BCUT2D eigenvalue weighted by Crippen LogP contribution is 2.27. The van der Waals surface area contributed by atoms with Crippen LogP contribution in [0, 0.1) is 0 Å². The van der Waals surface area contributed by atoms with Gasteiger partial charge in [-0.2, -0.15) is 0 Å². The van der Waals surface area contributed by atoms with Crippen LogP contribution in [0.5, 0.6) is 0 Å². The third-order valence-corrected chi connectivity index (χ3v) is 4.90. The summed E-state index contributed by atoms with van der Waals surface area (Å²) in [7, 11) is 0. The van der Waals surface area contributed by atoms with Crippen molar-refractivity contribution in [2.75, 3.05) is 11.4 Å². The highest BCUT2D eigenvalue weighted by Gasteiger charge is 2.44. The standard InChI is InChI=1S/C16H13ClN2O3S/c1-10-15(21)18(9-12(20)13-7-8-14(17)23-13)16(22)19(10)11-5-3-2-4-6-11/h2-8,10H,9H2,1H3/t10-/m0/s1. The second-order valence-corrected chi connectivity index (χ2v) is 6.83. The molecule has 3 rings (SSSR count). The zero-order chi connectivity index (χ0) is 16.6. The molecule has 5 nitrogen and oxygen atoms in total. The fourth-order valence-corrected chi connectivity index (χ4v) is 3.45. The number of benzene rings is 1. The number of carbonyl (C=O) groups excluding carboxylic acids is 3. The Morgan fingerprint density at radius 3 is 2.48 bits per heavy atom. The van der Waals surface area contributed by atoms with E-state index in [1.165, 1.54) is 4.90 Å². The zero-order valence-electron chi connectivity index (χ0n) is 12.2. The topological polar surface area (TPSA) is 57.7 Å². The predicted octanol–water partition coefficient (Wildman–Crippen LogP) is 3.44. The van der Waals surface area contributed by atoms with Crippen LogP contribution in [0.25, 0.3) is 0 Å². The number of Topliss-reactive ketones (excluding diaryl/α,β-unsaturated/α-hetero) is 1. The molecule has 7 heteroatoms. The maximum atomic E-state index is 12.6. The van der Waals surface area contributed by atoms with Crippen LogP contribution in [-0.2, 0) is 4.79 Å². The van der Waals surface area contributed by atoms with E-state index in [0.29, 0.717) is 14.9 Å². The number of halogens is 1. The van der Waals surface area contributed by atoms with Crippen molar-refractivity contribution < 1.29 is 14.4 Å². The average molecular weight is 349 g/mol. The van der Waals surface area contributed by atoms with Crippen LogP contribution >= 0.6 is 22.9 Å². The number of amides is 3. The number of nitrogens with zero attached hydrogens (tertiary/aromatic N) is 2. The second-order valence-electron chi connectivity index (χ2n) is 5.12. The van der Waals surface area contributed by atoms with Gasteiger partial charge in [0.25, 0.3) is 5.91 Å². The van der Waals surface area contributed by atoms with Gasteiger partial charge in [0.15, 0.2) is 5.78 Å². The van der Waals surface area contributed by atoms with Crippen molar-refractivity contribution in [3.8, 4) is 0 Å². The zero-order valence-corrected chi connectivity index (χ0v) is 13.8. The molecule has 1 aromatic carbocycles. The van der Waals surface area contributed by atoms with E-state index in [0.717, 1.165) is 16.2 Å². The largest absolute Gasteiger partial charge is 0.332 e. The van der Waals surface area contributed by atoms with Crippen LogP contribution in [0.15, 0.2) is 42.5 Å². The summed E-state index contributed by atoms with van der Waals surface area (Å²) in [6.07, 6.45) is 0. The molecule has 2 heterocycles. The van der Waals surface area contributed by atoms with Gasteiger partial charge in [-0.25, -0.2) is 4.79 Å². The normalized spacial score (nSPS) is 17.9. The first-order valence-corrected chi connectivity index (χ1v) is 8.16. The molecule has 0 bridgehead atoms. The number of imide groups is 1. The molecular weight excluding hydrogens is 336 g/mol. The monoisotopic (exact) mass is 348 g/mol. The highest BCUT2D eigenvalue weighted by molar-refractivity contribution is 7.18. The first-order valence-electron chi connectivity index (χ1n) is 6.97. The third kappa shape index (κ3) is 2.87. The van der Waals surface area contributed by atoms with Gasteiger partial charge in [-0.3, -0.25) is 19.4 Å². The summed E-state index contributed by atoms with van der Waals surface area (Å²) >= 11 is 6.95. The lowest BCUT2D eigenvalue weighted by atomic mass is 10.2. The molecule has 1 aliphatic heterocycles. The molecule has 1 fully saturated rings. The molecule has 1 atom stereocenters. The second kappa shape index (κ2) is 6.14. The van der Waals surface area contributed by atoms with E-state index in [9.17, 15) is 14.4 Å². The predicted molar refractivity (Wildman–Crippen MR) is 89.2 cm³/mol. The number of hydrogen-bond donors (Lipinski definition) is 0. The molecule has 0 spiro atoms. The lowest BCUT2D eigenvalue weighted by Crippen LogP contribution is -2.36.